The average Bonchev–Trinajstić information content (AvgIpc) is 2.85. The summed E-state index contributed by atoms with van der Waals surface area (Å²) in [6.07, 6.45) is 0.809. The summed E-state index contributed by atoms with van der Waals surface area (Å²) in [5.41, 5.74) is 2.59. The van der Waals surface area contributed by atoms with Crippen LogP contribution in [0.1, 0.15) is 30.5 Å². The Hall–Kier alpha value is -2.27. The first-order valence-corrected chi connectivity index (χ1v) is 12.5. The maximum atomic E-state index is 13.3. The van der Waals surface area contributed by atoms with E-state index in [1.807, 2.05) is 29.2 Å². The number of hydrogen-bond acceptors (Lipinski definition) is 3. The van der Waals surface area contributed by atoms with Crippen molar-refractivity contribution in [2.24, 2.45) is 0 Å². The molecular weight excluding hydrogens is 436 g/mol. The molecule has 1 amide bonds. The van der Waals surface area contributed by atoms with Gasteiger partial charge in [-0.3, -0.25) is 9.69 Å². The molecule has 32 heavy (non-hydrogen) atoms. The minimum absolute atomic E-state index is 0.0678. The number of thioether (sulfide) groups is 1. The molecule has 1 aliphatic rings. The Morgan fingerprint density at radius 1 is 0.844 bits per heavy atom. The van der Waals surface area contributed by atoms with E-state index in [1.165, 1.54) is 11.1 Å². The van der Waals surface area contributed by atoms with Crippen LogP contribution in [0.15, 0.2) is 89.8 Å². The zero-order chi connectivity index (χ0) is 22.3. The summed E-state index contributed by atoms with van der Waals surface area (Å²) in [7, 11) is 0. The molecule has 166 valence electrons. The Kier molecular flexibility index (Phi) is 7.90. The van der Waals surface area contributed by atoms with Crippen molar-refractivity contribution in [3.05, 3.63) is 101 Å². The lowest BCUT2D eigenvalue weighted by Crippen LogP contribution is -2.51. The van der Waals surface area contributed by atoms with Crippen molar-refractivity contribution in [2.45, 2.75) is 29.5 Å². The van der Waals surface area contributed by atoms with E-state index in [2.05, 4.69) is 72.5 Å². The van der Waals surface area contributed by atoms with Crippen LogP contribution < -0.4 is 0 Å². The Bertz CT molecular complexity index is 950. The molecule has 0 saturated carbocycles. The molecule has 3 aromatic rings. The van der Waals surface area contributed by atoms with Crippen molar-refractivity contribution < 1.29 is 4.79 Å². The van der Waals surface area contributed by atoms with E-state index in [4.69, 9.17) is 11.6 Å². The Balaban J connectivity index is 1.43. The summed E-state index contributed by atoms with van der Waals surface area (Å²) in [6.45, 7) is 5.33. The van der Waals surface area contributed by atoms with Gasteiger partial charge >= 0.3 is 0 Å². The first kappa shape index (κ1) is 22.9. The largest absolute Gasteiger partial charge is 0.339 e. The van der Waals surface area contributed by atoms with E-state index >= 15 is 0 Å². The lowest BCUT2D eigenvalue weighted by Gasteiger charge is -2.40. The van der Waals surface area contributed by atoms with Gasteiger partial charge < -0.3 is 4.90 Å². The molecule has 0 unspecified atom stereocenters. The van der Waals surface area contributed by atoms with Gasteiger partial charge in [0.25, 0.3) is 0 Å². The van der Waals surface area contributed by atoms with Crippen LogP contribution in [0.5, 0.6) is 0 Å². The zero-order valence-electron chi connectivity index (χ0n) is 18.4. The molecule has 1 fully saturated rings. The summed E-state index contributed by atoms with van der Waals surface area (Å²) in [4.78, 5) is 18.9. The van der Waals surface area contributed by atoms with Gasteiger partial charge in [0.1, 0.15) is 0 Å². The highest BCUT2D eigenvalue weighted by molar-refractivity contribution is 8.00. The summed E-state index contributed by atoms with van der Waals surface area (Å²) in [5.74, 6) is 0.239. The van der Waals surface area contributed by atoms with E-state index in [1.54, 1.807) is 11.8 Å². The van der Waals surface area contributed by atoms with Crippen LogP contribution >= 0.6 is 23.4 Å². The van der Waals surface area contributed by atoms with Gasteiger partial charge in [-0.2, -0.15) is 0 Å². The molecule has 0 spiro atoms. The number of halogens is 1. The number of benzene rings is 3. The van der Waals surface area contributed by atoms with Gasteiger partial charge in [-0.25, -0.2) is 0 Å². The Labute approximate surface area is 200 Å². The van der Waals surface area contributed by atoms with Gasteiger partial charge in [0.2, 0.25) is 5.91 Å². The second-order valence-corrected chi connectivity index (χ2v) is 9.77. The molecule has 1 aliphatic heterocycles. The first-order chi connectivity index (χ1) is 15.7. The van der Waals surface area contributed by atoms with Gasteiger partial charge in [0.15, 0.2) is 0 Å². The maximum Gasteiger partial charge on any atom is 0.236 e. The third kappa shape index (κ3) is 5.55. The SMILES string of the molecule is CC[C@H](Sc1ccc(Cl)cc1)C(=O)N1CCN(C(c2ccccc2)c2ccccc2)CC1. The van der Waals surface area contributed by atoms with E-state index in [0.717, 1.165) is 42.5 Å². The molecule has 1 atom stereocenters. The lowest BCUT2D eigenvalue weighted by atomic mass is 9.96. The monoisotopic (exact) mass is 464 g/mol. The van der Waals surface area contributed by atoms with Gasteiger partial charge in [0, 0.05) is 36.1 Å². The molecule has 3 aromatic carbocycles. The predicted octanol–water partition coefficient (Wildman–Crippen LogP) is 6.14. The number of carbonyl (C=O) groups is 1. The molecule has 1 heterocycles. The van der Waals surface area contributed by atoms with Crippen LogP contribution in [0.25, 0.3) is 0 Å². The molecular formula is C27H29ClN2OS. The van der Waals surface area contributed by atoms with E-state index in [-0.39, 0.29) is 17.2 Å². The van der Waals surface area contributed by atoms with Crippen LogP contribution in [-0.2, 0) is 4.79 Å². The molecule has 5 heteroatoms. The smallest absolute Gasteiger partial charge is 0.236 e. The van der Waals surface area contributed by atoms with E-state index in [0.29, 0.717) is 0 Å². The molecule has 1 saturated heterocycles. The highest BCUT2D eigenvalue weighted by Gasteiger charge is 2.30. The fourth-order valence-electron chi connectivity index (χ4n) is 4.27. The standard InChI is InChI=1S/C27H29ClN2OS/c1-2-25(32-24-15-13-23(28)14-16-24)27(31)30-19-17-29(18-20-30)26(21-9-5-3-6-10-21)22-11-7-4-8-12-22/h3-16,25-26H,2,17-20H2,1H3/t25-/m0/s1. The van der Waals surface area contributed by atoms with Crippen molar-refractivity contribution in [1.29, 1.82) is 0 Å². The third-order valence-corrected chi connectivity index (χ3v) is 7.58. The minimum atomic E-state index is -0.0678. The molecule has 0 bridgehead atoms. The van der Waals surface area contributed by atoms with Crippen LogP contribution in [0.3, 0.4) is 0 Å². The highest BCUT2D eigenvalue weighted by Crippen LogP contribution is 2.31. The van der Waals surface area contributed by atoms with Crippen molar-refractivity contribution in [3.63, 3.8) is 0 Å². The molecule has 3 nitrogen and oxygen atoms in total. The van der Waals surface area contributed by atoms with Crippen molar-refractivity contribution in [1.82, 2.24) is 9.80 Å². The lowest BCUT2D eigenvalue weighted by molar-refractivity contribution is -0.132. The summed E-state index contributed by atoms with van der Waals surface area (Å²) < 4.78 is 0. The molecule has 0 aliphatic carbocycles. The Morgan fingerprint density at radius 3 is 1.88 bits per heavy atom. The average molecular weight is 465 g/mol. The van der Waals surface area contributed by atoms with E-state index < -0.39 is 0 Å². The van der Waals surface area contributed by atoms with E-state index in [9.17, 15) is 4.79 Å². The summed E-state index contributed by atoms with van der Waals surface area (Å²) in [5, 5.41) is 0.651. The second-order valence-electron chi connectivity index (χ2n) is 8.05. The van der Waals surface area contributed by atoms with Gasteiger partial charge in [-0.15, -0.1) is 11.8 Å². The number of carbonyl (C=O) groups excluding carboxylic acids is 1. The number of amides is 1. The highest BCUT2D eigenvalue weighted by atomic mass is 35.5. The van der Waals surface area contributed by atoms with Crippen LogP contribution in [0.2, 0.25) is 5.02 Å². The molecule has 0 N–H and O–H groups in total. The predicted molar refractivity (Wildman–Crippen MR) is 134 cm³/mol. The summed E-state index contributed by atoms with van der Waals surface area (Å²) >= 11 is 7.64. The first-order valence-electron chi connectivity index (χ1n) is 11.2. The Morgan fingerprint density at radius 2 is 1.38 bits per heavy atom. The van der Waals surface area contributed by atoms with Crippen molar-refractivity contribution in [2.75, 3.05) is 26.2 Å². The number of hydrogen-bond donors (Lipinski definition) is 0. The quantitative estimate of drug-likeness (QED) is 0.392. The normalized spacial score (nSPS) is 15.7. The molecule has 4 rings (SSSR count). The topological polar surface area (TPSA) is 23.6 Å². The van der Waals surface area contributed by atoms with Gasteiger partial charge in [-0.1, -0.05) is 79.2 Å². The number of nitrogens with zero attached hydrogens (tertiary/aromatic N) is 2. The van der Waals surface area contributed by atoms with Crippen molar-refractivity contribution in [3.8, 4) is 0 Å². The van der Waals surface area contributed by atoms with Crippen LogP contribution in [-0.4, -0.2) is 47.1 Å². The van der Waals surface area contributed by atoms with Crippen LogP contribution in [0, 0.1) is 0 Å². The number of piperazine rings is 1. The second kappa shape index (κ2) is 11.0. The molecule has 0 radical (unpaired) electrons. The van der Waals surface area contributed by atoms with Crippen LogP contribution in [0.4, 0.5) is 0 Å². The fourth-order valence-corrected chi connectivity index (χ4v) is 5.44. The minimum Gasteiger partial charge on any atom is -0.339 e. The van der Waals surface area contributed by atoms with Gasteiger partial charge in [-0.05, 0) is 41.8 Å². The summed E-state index contributed by atoms with van der Waals surface area (Å²) in [6, 6.07) is 29.3. The number of rotatable bonds is 7. The maximum absolute atomic E-state index is 13.3. The molecule has 0 aromatic heterocycles. The zero-order valence-corrected chi connectivity index (χ0v) is 19.9. The third-order valence-electron chi connectivity index (χ3n) is 5.96. The fraction of sp³-hybridized carbons (Fsp3) is 0.296. The van der Waals surface area contributed by atoms with Gasteiger partial charge in [0.05, 0.1) is 11.3 Å². The van der Waals surface area contributed by atoms with Crippen molar-refractivity contribution >= 4 is 29.3 Å².